The molecule has 4 N–H and O–H groups in total. The largest absolute Gasteiger partial charge is 0.493 e. The molecule has 2 aromatic rings. The Hall–Kier alpha value is -4.50. The molecule has 1 aliphatic heterocycles. The first kappa shape index (κ1) is 34.0. The van der Waals surface area contributed by atoms with Crippen LogP contribution < -0.4 is 35.0 Å². The summed E-state index contributed by atoms with van der Waals surface area (Å²) >= 11 is 3.43. The third-order valence-electron chi connectivity index (χ3n) is 6.03. The molecule has 1 aliphatic rings. The molecule has 0 saturated heterocycles. The van der Waals surface area contributed by atoms with Crippen LogP contribution >= 0.6 is 15.9 Å². The normalized spacial score (nSPS) is 15.2. The number of nitrogens with zero attached hydrogens (tertiary/aromatic N) is 1. The summed E-state index contributed by atoms with van der Waals surface area (Å²) in [6, 6.07) is 6.96. The first-order chi connectivity index (χ1) is 21.1. The molecule has 2 amide bonds. The van der Waals surface area contributed by atoms with Gasteiger partial charge in [-0.05, 0) is 66.5 Å². The number of methoxy groups -OCH3 is 2. The molecule has 1 heterocycles. The summed E-state index contributed by atoms with van der Waals surface area (Å²) in [5.41, 5.74) is 4.37. The second-order valence-corrected chi connectivity index (χ2v) is 9.89. The Bertz CT molecular complexity index is 1410. The van der Waals surface area contributed by atoms with Crippen molar-refractivity contribution in [2.45, 2.75) is 33.0 Å². The molecule has 0 radical (unpaired) electrons. The van der Waals surface area contributed by atoms with E-state index < -0.39 is 30.2 Å². The molecule has 0 fully saturated rings. The summed E-state index contributed by atoms with van der Waals surface area (Å²) < 4.78 is 32.7. The Labute approximate surface area is 262 Å². The molecule has 2 aromatic carbocycles. The number of carbonyl (C=O) groups excluding carboxylic acids is 3. The van der Waals surface area contributed by atoms with Gasteiger partial charge >= 0.3 is 18.0 Å². The summed E-state index contributed by atoms with van der Waals surface area (Å²) in [4.78, 5) is 36.2. The third-order valence-corrected chi connectivity index (χ3v) is 6.72. The van der Waals surface area contributed by atoms with E-state index in [4.69, 9.17) is 28.4 Å². The van der Waals surface area contributed by atoms with Crippen LogP contribution in [0.15, 0.2) is 51.2 Å². The summed E-state index contributed by atoms with van der Waals surface area (Å²) in [7, 11) is 2.72. The molecule has 0 aromatic heterocycles. The monoisotopic (exact) mass is 678 g/mol. The highest BCUT2D eigenvalue weighted by Crippen LogP contribution is 2.35. The van der Waals surface area contributed by atoms with Gasteiger partial charge in [0.25, 0.3) is 0 Å². The number of halogens is 1. The standard InChI is InChI=1S/C29H35BrN4O10/c1-6-41-22-10-17(27-26(28(37)40-5)16(3)32-29(38)33-27)8-9-20(22)43-14-24(35)34-31-13-18-11-21(39-4)23(12-19(18)30)44-15-25(36)42-7-2/h8-13,24,27,34-35H,6-7,14-15H2,1-5H3,(H2,32,33,38)/b31-13-/t24-,27-/m0/s1. The van der Waals surface area contributed by atoms with Crippen LogP contribution in [0.3, 0.4) is 0 Å². The van der Waals surface area contributed by atoms with E-state index in [2.05, 4.69) is 37.1 Å². The van der Waals surface area contributed by atoms with Gasteiger partial charge in [0.1, 0.15) is 6.61 Å². The topological polar surface area (TPSA) is 175 Å². The van der Waals surface area contributed by atoms with Gasteiger partial charge in [-0.3, -0.25) is 5.43 Å². The minimum atomic E-state index is -1.20. The fourth-order valence-electron chi connectivity index (χ4n) is 4.08. The van der Waals surface area contributed by atoms with Gasteiger partial charge in [0.2, 0.25) is 0 Å². The van der Waals surface area contributed by atoms with E-state index >= 15 is 0 Å². The summed E-state index contributed by atoms with van der Waals surface area (Å²) in [6.45, 7) is 5.21. The van der Waals surface area contributed by atoms with Crippen LogP contribution in [0.25, 0.3) is 0 Å². The molecular formula is C29H35BrN4O10. The van der Waals surface area contributed by atoms with Crippen molar-refractivity contribution in [3.05, 3.63) is 57.2 Å². The molecule has 44 heavy (non-hydrogen) atoms. The fraction of sp³-hybridized carbons (Fsp3) is 0.379. The average molecular weight is 680 g/mol. The van der Waals surface area contributed by atoms with Gasteiger partial charge in [-0.15, -0.1) is 0 Å². The van der Waals surface area contributed by atoms with Crippen LogP contribution in [0.2, 0.25) is 0 Å². The Morgan fingerprint density at radius 2 is 1.82 bits per heavy atom. The van der Waals surface area contributed by atoms with E-state index in [9.17, 15) is 19.5 Å². The quantitative estimate of drug-likeness (QED) is 0.0943. The van der Waals surface area contributed by atoms with E-state index in [1.807, 2.05) is 0 Å². The lowest BCUT2D eigenvalue weighted by Crippen LogP contribution is -2.45. The zero-order chi connectivity index (χ0) is 32.2. The third kappa shape index (κ3) is 9.00. The fourth-order valence-corrected chi connectivity index (χ4v) is 4.50. The number of rotatable bonds is 15. The van der Waals surface area contributed by atoms with E-state index in [1.165, 1.54) is 20.4 Å². The smallest absolute Gasteiger partial charge is 0.344 e. The number of amides is 2. The minimum Gasteiger partial charge on any atom is -0.493 e. The van der Waals surface area contributed by atoms with Crippen LogP contribution in [-0.4, -0.2) is 76.2 Å². The Morgan fingerprint density at radius 1 is 1.07 bits per heavy atom. The van der Waals surface area contributed by atoms with Crippen molar-refractivity contribution in [2.24, 2.45) is 5.10 Å². The second kappa shape index (κ2) is 16.4. The van der Waals surface area contributed by atoms with Crippen molar-refractivity contribution in [3.63, 3.8) is 0 Å². The first-order valence-corrected chi connectivity index (χ1v) is 14.3. The molecule has 238 valence electrons. The molecule has 2 atom stereocenters. The van der Waals surface area contributed by atoms with Gasteiger partial charge in [-0.25, -0.2) is 14.4 Å². The molecule has 0 bridgehead atoms. The number of aliphatic hydroxyl groups excluding tert-OH is 1. The van der Waals surface area contributed by atoms with E-state index in [1.54, 1.807) is 51.1 Å². The zero-order valence-electron chi connectivity index (χ0n) is 24.9. The van der Waals surface area contributed by atoms with Crippen LogP contribution in [-0.2, 0) is 19.1 Å². The van der Waals surface area contributed by atoms with Gasteiger partial charge in [-0.1, -0.05) is 6.07 Å². The van der Waals surface area contributed by atoms with Crippen molar-refractivity contribution in [2.75, 3.05) is 40.6 Å². The highest BCUT2D eigenvalue weighted by molar-refractivity contribution is 9.10. The summed E-state index contributed by atoms with van der Waals surface area (Å²) in [5.74, 6) is 0.275. The number of hydrazone groups is 1. The number of aliphatic hydroxyl groups is 1. The zero-order valence-corrected chi connectivity index (χ0v) is 26.5. The Kier molecular flexibility index (Phi) is 12.7. The maximum Gasteiger partial charge on any atom is 0.344 e. The number of urea groups is 1. The molecule has 3 rings (SSSR count). The second-order valence-electron chi connectivity index (χ2n) is 9.03. The predicted molar refractivity (Wildman–Crippen MR) is 162 cm³/mol. The highest BCUT2D eigenvalue weighted by atomic mass is 79.9. The van der Waals surface area contributed by atoms with Gasteiger partial charge in [-0.2, -0.15) is 5.10 Å². The van der Waals surface area contributed by atoms with Gasteiger partial charge in [0, 0.05) is 15.7 Å². The van der Waals surface area contributed by atoms with Gasteiger partial charge in [0.15, 0.2) is 35.8 Å². The van der Waals surface area contributed by atoms with Crippen LogP contribution in [0.1, 0.15) is 37.9 Å². The maximum atomic E-state index is 12.4. The number of hydrogen-bond acceptors (Lipinski definition) is 12. The number of benzene rings is 2. The number of nitrogens with one attached hydrogen (secondary N) is 3. The average Bonchev–Trinajstić information content (AvgIpc) is 2.99. The van der Waals surface area contributed by atoms with Crippen LogP contribution in [0.5, 0.6) is 23.0 Å². The summed E-state index contributed by atoms with van der Waals surface area (Å²) in [6.07, 6.45) is 0.251. The predicted octanol–water partition coefficient (Wildman–Crippen LogP) is 2.92. The molecule has 15 heteroatoms. The number of esters is 2. The number of carbonyl (C=O) groups is 3. The molecule has 14 nitrogen and oxygen atoms in total. The van der Waals surface area contributed by atoms with Crippen molar-refractivity contribution >= 4 is 40.1 Å². The van der Waals surface area contributed by atoms with E-state index in [0.717, 1.165) is 0 Å². The van der Waals surface area contributed by atoms with E-state index in [-0.39, 0.29) is 25.4 Å². The molecule has 0 aliphatic carbocycles. The number of allylic oxidation sites excluding steroid dienone is 1. The highest BCUT2D eigenvalue weighted by Gasteiger charge is 2.32. The molecule has 0 saturated carbocycles. The maximum absolute atomic E-state index is 12.4. The number of hydrogen-bond donors (Lipinski definition) is 4. The van der Waals surface area contributed by atoms with Crippen molar-refractivity contribution in [3.8, 4) is 23.0 Å². The summed E-state index contributed by atoms with van der Waals surface area (Å²) in [5, 5.41) is 19.8. The van der Waals surface area contributed by atoms with Crippen molar-refractivity contribution < 1.29 is 47.9 Å². The van der Waals surface area contributed by atoms with Crippen LogP contribution in [0, 0.1) is 0 Å². The first-order valence-electron chi connectivity index (χ1n) is 13.5. The molecule has 0 spiro atoms. The lowest BCUT2D eigenvalue weighted by molar-refractivity contribution is -0.145. The Morgan fingerprint density at radius 3 is 2.50 bits per heavy atom. The molecule has 0 unspecified atom stereocenters. The SMILES string of the molecule is CCOC(=O)COc1cc(Br)c(/C=N\N[C@@H](O)COc2ccc([C@@H]3NC(=O)NC(C)=C3C(=O)OC)cc2OCC)cc1OC. The van der Waals surface area contributed by atoms with Gasteiger partial charge in [0.05, 0.1) is 45.3 Å². The Balaban J connectivity index is 1.66. The minimum absolute atomic E-state index is 0.196. The lowest BCUT2D eigenvalue weighted by Gasteiger charge is -2.28. The van der Waals surface area contributed by atoms with Crippen molar-refractivity contribution in [1.29, 1.82) is 0 Å². The molecular weight excluding hydrogens is 644 g/mol. The van der Waals surface area contributed by atoms with Gasteiger partial charge < -0.3 is 44.2 Å². The number of ether oxygens (including phenoxy) is 6. The van der Waals surface area contributed by atoms with Crippen molar-refractivity contribution in [1.82, 2.24) is 16.1 Å². The lowest BCUT2D eigenvalue weighted by atomic mass is 9.95. The van der Waals surface area contributed by atoms with E-state index in [0.29, 0.717) is 50.9 Å². The van der Waals surface area contributed by atoms with Crippen LogP contribution in [0.4, 0.5) is 4.79 Å².